The van der Waals surface area contributed by atoms with Crippen molar-refractivity contribution in [1.82, 2.24) is 29.1 Å². The molecule has 3 N–H and O–H groups in total. The van der Waals surface area contributed by atoms with Crippen LogP contribution in [-0.2, 0) is 23.1 Å². The number of aryl methyl sites for hydroxylation is 1. The summed E-state index contributed by atoms with van der Waals surface area (Å²) in [6.07, 6.45) is 5.81. The number of benzene rings is 2. The highest BCUT2D eigenvalue weighted by Gasteiger charge is 2.43. The fourth-order valence-electron chi connectivity index (χ4n) is 7.94. The van der Waals surface area contributed by atoms with Gasteiger partial charge in [0, 0.05) is 62.7 Å². The Balaban J connectivity index is 1.08. The van der Waals surface area contributed by atoms with E-state index in [9.17, 15) is 18.0 Å². The van der Waals surface area contributed by atoms with Crippen LogP contribution >= 0.6 is 0 Å². The summed E-state index contributed by atoms with van der Waals surface area (Å²) in [5.74, 6) is 2.66. The van der Waals surface area contributed by atoms with Crippen molar-refractivity contribution in [3.63, 3.8) is 0 Å². The number of hydrogen-bond donors (Lipinski definition) is 3. The molecule has 0 aliphatic heterocycles. The number of anilines is 1. The predicted octanol–water partition coefficient (Wildman–Crippen LogP) is 4.01. The summed E-state index contributed by atoms with van der Waals surface area (Å²) in [5.41, 5.74) is 1.36. The molecule has 0 amide bonds. The second kappa shape index (κ2) is 13.3. The molecule has 46 heavy (non-hydrogen) atoms. The predicted molar refractivity (Wildman–Crippen MR) is 183 cm³/mol. The van der Waals surface area contributed by atoms with Crippen LogP contribution in [0.2, 0.25) is 0 Å². The molecule has 2 aliphatic rings. The smallest absolute Gasteiger partial charge is 0.332 e. The van der Waals surface area contributed by atoms with E-state index in [2.05, 4.69) is 15.0 Å². The Bertz CT molecular complexity index is 1930. The first-order chi connectivity index (χ1) is 22.1. The quantitative estimate of drug-likeness (QED) is 0.186. The lowest BCUT2D eigenvalue weighted by Crippen LogP contribution is -2.40. The molecule has 0 spiro atoms. The van der Waals surface area contributed by atoms with Gasteiger partial charge in [-0.15, -0.1) is 0 Å². The van der Waals surface area contributed by atoms with E-state index >= 15 is 0 Å². The van der Waals surface area contributed by atoms with Crippen LogP contribution in [0.15, 0.2) is 50.9 Å². The van der Waals surface area contributed by atoms with Gasteiger partial charge in [-0.3, -0.25) is 13.9 Å². The molecule has 2 bridgehead atoms. The molecular weight excluding hydrogens is 602 g/mol. The number of imidazole rings is 1. The Morgan fingerprint density at radius 1 is 0.935 bits per heavy atom. The highest BCUT2D eigenvalue weighted by Crippen LogP contribution is 2.51. The molecule has 11 nitrogen and oxygen atoms in total. The molecule has 2 aromatic heterocycles. The van der Waals surface area contributed by atoms with E-state index in [1.165, 1.54) is 17.4 Å². The van der Waals surface area contributed by atoms with Crippen molar-refractivity contribution in [3.05, 3.63) is 63.1 Å². The molecule has 6 rings (SSSR count). The van der Waals surface area contributed by atoms with Gasteiger partial charge in [-0.05, 0) is 75.0 Å². The molecule has 2 aromatic carbocycles. The Morgan fingerprint density at radius 3 is 2.30 bits per heavy atom. The van der Waals surface area contributed by atoms with Gasteiger partial charge in [-0.2, -0.15) is 0 Å². The summed E-state index contributed by atoms with van der Waals surface area (Å²) < 4.78 is 32.4. The lowest BCUT2D eigenvalue weighted by molar-refractivity contribution is 0.197. The van der Waals surface area contributed by atoms with Crippen LogP contribution in [0.25, 0.3) is 21.9 Å². The molecule has 2 heterocycles. The van der Waals surface area contributed by atoms with Crippen molar-refractivity contribution < 1.29 is 8.42 Å². The van der Waals surface area contributed by atoms with Gasteiger partial charge < -0.3 is 15.2 Å². The number of aromatic nitrogens is 4. The lowest BCUT2D eigenvalue weighted by atomic mass is 9.73. The van der Waals surface area contributed by atoms with E-state index in [0.717, 1.165) is 42.7 Å². The zero-order valence-electron chi connectivity index (χ0n) is 27.4. The first-order valence-electron chi connectivity index (χ1n) is 16.8. The van der Waals surface area contributed by atoms with Crippen molar-refractivity contribution >= 4 is 37.6 Å². The average molecular weight is 650 g/mol. The van der Waals surface area contributed by atoms with Gasteiger partial charge in [-0.25, -0.2) is 22.9 Å². The van der Waals surface area contributed by atoms with Crippen LogP contribution in [0.5, 0.6) is 0 Å². The van der Waals surface area contributed by atoms with Gasteiger partial charge in [-0.1, -0.05) is 38.1 Å². The van der Waals surface area contributed by atoms with Gasteiger partial charge in [0.25, 0.3) is 5.56 Å². The Kier molecular flexibility index (Phi) is 9.40. The Labute approximate surface area is 270 Å². The highest BCUT2D eigenvalue weighted by atomic mass is 32.2. The van der Waals surface area contributed by atoms with Crippen LogP contribution in [-0.4, -0.2) is 61.2 Å². The molecule has 0 radical (unpaired) electrons. The maximum absolute atomic E-state index is 13.3. The van der Waals surface area contributed by atoms with Gasteiger partial charge in [0.2, 0.25) is 10.0 Å². The summed E-state index contributed by atoms with van der Waals surface area (Å²) in [6.45, 7) is 6.63. The third-order valence-electron chi connectivity index (χ3n) is 10.1. The van der Waals surface area contributed by atoms with E-state index in [1.54, 1.807) is 16.7 Å². The van der Waals surface area contributed by atoms with Gasteiger partial charge >= 0.3 is 5.69 Å². The van der Waals surface area contributed by atoms with Gasteiger partial charge in [0.05, 0.1) is 4.90 Å². The molecule has 2 fully saturated rings. The van der Waals surface area contributed by atoms with Crippen LogP contribution in [0.3, 0.4) is 0 Å². The maximum atomic E-state index is 13.3. The standard InChI is InChI=1S/C34H47N7O4S/c1-5-17-40-32-30(33(42)41(18-6-2)34(40)43)37-31(38-32)24-19-22-13-14-23(20-24)27(22)21-35-15-16-36-46(44,45)29-12-8-9-25-26(29)10-7-11-28(25)39(3)4/h7-12,22-24,27,35-36H,5-6,13-21H2,1-4H3,(H,37,38). The third kappa shape index (κ3) is 6.02. The summed E-state index contributed by atoms with van der Waals surface area (Å²) in [6, 6.07) is 11.2. The van der Waals surface area contributed by atoms with Crippen molar-refractivity contribution in [3.8, 4) is 0 Å². The lowest BCUT2D eigenvalue weighted by Gasteiger charge is -2.34. The molecule has 0 saturated heterocycles. The number of fused-ring (bicyclic) bond motifs is 4. The largest absolute Gasteiger partial charge is 0.377 e. The average Bonchev–Trinajstić information content (AvgIpc) is 3.58. The van der Waals surface area contributed by atoms with E-state index < -0.39 is 10.0 Å². The van der Waals surface area contributed by atoms with Gasteiger partial charge in [0.1, 0.15) is 11.3 Å². The molecule has 248 valence electrons. The molecule has 4 aromatic rings. The van der Waals surface area contributed by atoms with Crippen LogP contribution in [0, 0.1) is 17.8 Å². The van der Waals surface area contributed by atoms with Crippen molar-refractivity contribution in [1.29, 1.82) is 0 Å². The number of rotatable bonds is 13. The molecule has 2 unspecified atom stereocenters. The minimum atomic E-state index is -3.68. The van der Waals surface area contributed by atoms with E-state index in [4.69, 9.17) is 4.98 Å². The van der Waals surface area contributed by atoms with Crippen molar-refractivity contribution in [2.24, 2.45) is 17.8 Å². The monoisotopic (exact) mass is 649 g/mol. The number of hydrogen-bond acceptors (Lipinski definition) is 7. The second-order valence-electron chi connectivity index (χ2n) is 13.3. The Morgan fingerprint density at radius 2 is 1.61 bits per heavy atom. The molecule has 12 heteroatoms. The van der Waals surface area contributed by atoms with E-state index in [-0.39, 0.29) is 17.2 Å². The normalized spacial score (nSPS) is 21.4. The first-order valence-corrected chi connectivity index (χ1v) is 18.3. The number of nitrogens with zero attached hydrogens (tertiary/aromatic N) is 4. The number of H-pyrrole nitrogens is 1. The van der Waals surface area contributed by atoms with Crippen molar-refractivity contribution in [2.75, 3.05) is 38.6 Å². The highest BCUT2D eigenvalue weighted by molar-refractivity contribution is 7.89. The summed E-state index contributed by atoms with van der Waals surface area (Å²) in [5, 5.41) is 5.15. The molecule has 2 saturated carbocycles. The van der Waals surface area contributed by atoms with Crippen LogP contribution < -0.4 is 26.2 Å². The van der Waals surface area contributed by atoms with Crippen LogP contribution in [0.1, 0.15) is 64.1 Å². The summed E-state index contributed by atoms with van der Waals surface area (Å²) in [7, 11) is 0.232. The van der Waals surface area contributed by atoms with E-state index in [0.29, 0.717) is 71.8 Å². The second-order valence-corrected chi connectivity index (χ2v) is 15.0. The fourth-order valence-corrected chi connectivity index (χ4v) is 9.19. The molecule has 2 aliphatic carbocycles. The zero-order chi connectivity index (χ0) is 32.6. The fraction of sp³-hybridized carbons (Fsp3) is 0.559. The Hall–Kier alpha value is -3.48. The van der Waals surface area contributed by atoms with Gasteiger partial charge in [0.15, 0.2) is 5.65 Å². The van der Waals surface area contributed by atoms with Crippen molar-refractivity contribution in [2.45, 2.75) is 76.3 Å². The minimum Gasteiger partial charge on any atom is -0.377 e. The summed E-state index contributed by atoms with van der Waals surface area (Å²) >= 11 is 0. The number of aromatic amines is 1. The summed E-state index contributed by atoms with van der Waals surface area (Å²) in [4.78, 5) is 36.9. The van der Waals surface area contributed by atoms with E-state index in [1.807, 2.05) is 57.1 Å². The SMILES string of the molecule is CCCn1c(=O)c2[nH]c(C3CC4CCC(C3)C4CNCCNS(=O)(=O)c3cccc4c(N(C)C)cccc34)nc2n(CCC)c1=O. The molecular formula is C34H47N7O4S. The zero-order valence-corrected chi connectivity index (χ0v) is 28.2. The minimum absolute atomic E-state index is 0.228. The number of nitrogens with one attached hydrogen (secondary N) is 3. The maximum Gasteiger partial charge on any atom is 0.332 e. The molecule has 2 atom stereocenters. The number of sulfonamides is 1. The first kappa shape index (κ1) is 32.5. The van der Waals surface area contributed by atoms with Crippen LogP contribution in [0.4, 0.5) is 5.69 Å². The third-order valence-corrected chi connectivity index (χ3v) is 11.6. The topological polar surface area (TPSA) is 134 Å².